The summed E-state index contributed by atoms with van der Waals surface area (Å²) >= 11 is 5.36. The number of nitrogens with zero attached hydrogens (tertiary/aromatic N) is 2. The molecule has 0 aliphatic carbocycles. The number of fused-ring (bicyclic) bond motifs is 2. The Labute approximate surface area is 186 Å². The molecule has 0 amide bonds. The van der Waals surface area contributed by atoms with Crippen molar-refractivity contribution < 1.29 is 19.3 Å². The number of rotatable bonds is 7. The molecule has 9 heteroatoms. The Morgan fingerprint density at radius 2 is 2.10 bits per heavy atom. The van der Waals surface area contributed by atoms with Crippen molar-refractivity contribution in [1.29, 1.82) is 0 Å². The number of nitrogens with one attached hydrogen (secondary N) is 1. The van der Waals surface area contributed by atoms with E-state index >= 15 is 0 Å². The van der Waals surface area contributed by atoms with Gasteiger partial charge in [-0.1, -0.05) is 26.2 Å². The van der Waals surface area contributed by atoms with Crippen LogP contribution in [-0.2, 0) is 13.0 Å². The molecule has 4 rings (SSSR count). The van der Waals surface area contributed by atoms with Gasteiger partial charge in [0.15, 0.2) is 16.3 Å². The van der Waals surface area contributed by atoms with Gasteiger partial charge in [0.25, 0.3) is 5.56 Å². The molecule has 31 heavy (non-hydrogen) atoms. The second-order valence-corrected chi connectivity index (χ2v) is 8.45. The summed E-state index contributed by atoms with van der Waals surface area (Å²) in [6.45, 7) is 3.54. The van der Waals surface area contributed by atoms with Crippen LogP contribution in [0.15, 0.2) is 10.9 Å². The van der Waals surface area contributed by atoms with Crippen LogP contribution >= 0.6 is 12.2 Å². The molecule has 2 aliphatic heterocycles. The summed E-state index contributed by atoms with van der Waals surface area (Å²) in [4.78, 5) is 17.9. The smallest absolute Gasteiger partial charge is 0.260 e. The number of aromatic amines is 1. The van der Waals surface area contributed by atoms with Gasteiger partial charge in [-0.15, -0.1) is 0 Å². The summed E-state index contributed by atoms with van der Waals surface area (Å²) in [5, 5.41) is 11.2. The second kappa shape index (κ2) is 8.92. The van der Waals surface area contributed by atoms with E-state index in [2.05, 4.69) is 11.9 Å². The van der Waals surface area contributed by atoms with Crippen LogP contribution in [0, 0.1) is 4.77 Å². The maximum atomic E-state index is 13.1. The van der Waals surface area contributed by atoms with Gasteiger partial charge in [0, 0.05) is 18.7 Å². The van der Waals surface area contributed by atoms with E-state index in [-0.39, 0.29) is 23.0 Å². The summed E-state index contributed by atoms with van der Waals surface area (Å²) in [6.07, 6.45) is 4.92. The molecule has 3 heterocycles. The van der Waals surface area contributed by atoms with E-state index < -0.39 is 11.6 Å². The van der Waals surface area contributed by atoms with Crippen molar-refractivity contribution in [2.75, 3.05) is 27.5 Å². The Kier molecular flexibility index (Phi) is 6.24. The molecular weight excluding hydrogens is 418 g/mol. The molecule has 8 nitrogen and oxygen atoms in total. The Balaban J connectivity index is 1.86. The van der Waals surface area contributed by atoms with Crippen LogP contribution in [0.1, 0.15) is 55.3 Å². The molecule has 0 spiro atoms. The maximum Gasteiger partial charge on any atom is 0.260 e. The number of benzene rings is 1. The highest BCUT2D eigenvalue weighted by Gasteiger charge is 2.38. The fraction of sp³-hybridized carbons (Fsp3) is 0.545. The molecule has 1 atom stereocenters. The Bertz CT molecular complexity index is 1090. The summed E-state index contributed by atoms with van der Waals surface area (Å²) in [5.41, 5.74) is 1.71. The van der Waals surface area contributed by atoms with E-state index in [1.165, 1.54) is 0 Å². The molecule has 1 aromatic heterocycles. The summed E-state index contributed by atoms with van der Waals surface area (Å²) < 4.78 is 18.8. The normalized spacial score (nSPS) is 17.6. The molecule has 0 bridgehead atoms. The Hall–Kier alpha value is -2.52. The number of aromatic hydroxyl groups is 1. The first kappa shape index (κ1) is 21.7. The van der Waals surface area contributed by atoms with Gasteiger partial charge in [-0.25, -0.2) is 0 Å². The first-order valence-corrected chi connectivity index (χ1v) is 11.1. The van der Waals surface area contributed by atoms with Crippen LogP contribution in [0.3, 0.4) is 0 Å². The topological polar surface area (TPSA) is 89.0 Å². The molecule has 0 unspecified atom stereocenters. The van der Waals surface area contributed by atoms with Gasteiger partial charge in [-0.05, 0) is 43.7 Å². The molecule has 0 fully saturated rings. The average Bonchev–Trinajstić information content (AvgIpc) is 3.21. The third-order valence-electron chi connectivity index (χ3n) is 6.11. The van der Waals surface area contributed by atoms with Crippen molar-refractivity contribution >= 4 is 12.2 Å². The first-order chi connectivity index (χ1) is 15.0. The molecule has 2 aliphatic rings. The number of hydrogen-bond acceptors (Lipinski definition) is 7. The minimum Gasteiger partial charge on any atom is -0.494 e. The van der Waals surface area contributed by atoms with Crippen LogP contribution in [0.5, 0.6) is 23.1 Å². The zero-order chi connectivity index (χ0) is 22.1. The zero-order valence-electron chi connectivity index (χ0n) is 18.2. The molecular formula is C22H29N3O5S. The van der Waals surface area contributed by atoms with Crippen molar-refractivity contribution in [3.63, 3.8) is 0 Å². The summed E-state index contributed by atoms with van der Waals surface area (Å²) in [7, 11) is 3.51. The van der Waals surface area contributed by atoms with Gasteiger partial charge in [-0.3, -0.25) is 19.2 Å². The predicted molar refractivity (Wildman–Crippen MR) is 119 cm³/mol. The lowest BCUT2D eigenvalue weighted by atomic mass is 9.87. The molecule has 0 saturated heterocycles. The van der Waals surface area contributed by atoms with Crippen molar-refractivity contribution in [1.82, 2.24) is 14.5 Å². The van der Waals surface area contributed by atoms with Crippen molar-refractivity contribution in [2.45, 2.75) is 51.6 Å². The fourth-order valence-electron chi connectivity index (χ4n) is 4.52. The molecule has 2 N–H and O–H groups in total. The number of methoxy groups -OCH3 is 1. The molecule has 1 aromatic carbocycles. The van der Waals surface area contributed by atoms with Crippen molar-refractivity contribution in [3.05, 3.63) is 37.9 Å². The number of unbranched alkanes of at least 4 members (excludes halogenated alkanes) is 3. The van der Waals surface area contributed by atoms with Gasteiger partial charge in [0.05, 0.1) is 18.7 Å². The van der Waals surface area contributed by atoms with Crippen LogP contribution in [0.4, 0.5) is 0 Å². The second-order valence-electron chi connectivity index (χ2n) is 8.06. The fourth-order valence-corrected chi connectivity index (χ4v) is 4.79. The number of hydrogen-bond donors (Lipinski definition) is 2. The van der Waals surface area contributed by atoms with Gasteiger partial charge in [-0.2, -0.15) is 0 Å². The summed E-state index contributed by atoms with van der Waals surface area (Å²) in [5.74, 6) is 1.63. The van der Waals surface area contributed by atoms with Crippen LogP contribution in [-0.4, -0.2) is 47.1 Å². The number of H-pyrrole nitrogens is 1. The highest BCUT2D eigenvalue weighted by Crippen LogP contribution is 2.51. The number of ether oxygens (including phenoxy) is 3. The number of likely N-dealkylation sites (N-methyl/N-ethyl adjacent to an activating group) is 1. The minimum atomic E-state index is -0.505. The quantitative estimate of drug-likeness (QED) is 0.496. The van der Waals surface area contributed by atoms with Gasteiger partial charge in [0.2, 0.25) is 18.4 Å². The van der Waals surface area contributed by atoms with E-state index in [1.807, 2.05) is 18.0 Å². The van der Waals surface area contributed by atoms with Gasteiger partial charge >= 0.3 is 0 Å². The lowest BCUT2D eigenvalue weighted by Gasteiger charge is -2.36. The monoisotopic (exact) mass is 447 g/mol. The van der Waals surface area contributed by atoms with E-state index in [0.29, 0.717) is 30.3 Å². The van der Waals surface area contributed by atoms with Crippen LogP contribution < -0.4 is 19.8 Å². The minimum absolute atomic E-state index is 0.0883. The molecule has 2 aromatic rings. The highest BCUT2D eigenvalue weighted by atomic mass is 32.1. The van der Waals surface area contributed by atoms with Crippen molar-refractivity contribution in [3.8, 4) is 23.1 Å². The lowest BCUT2D eigenvalue weighted by molar-refractivity contribution is 0.170. The van der Waals surface area contributed by atoms with Gasteiger partial charge in [0.1, 0.15) is 0 Å². The molecule has 0 radical (unpaired) electrons. The van der Waals surface area contributed by atoms with E-state index in [4.69, 9.17) is 26.4 Å². The highest BCUT2D eigenvalue weighted by molar-refractivity contribution is 7.71. The Morgan fingerprint density at radius 1 is 1.29 bits per heavy atom. The molecule has 0 saturated carbocycles. The maximum absolute atomic E-state index is 13.1. The standard InChI is InChI=1S/C22H29N3O5S/c1-4-5-6-7-9-25-21(27)16(20(26)23-22(25)31)17-15-13(8-10-24(17)2)11-14-18(19(15)28-3)30-12-29-14/h11,17,27H,4-10,12H2,1-3H3,(H,23,26,31)/t17-/m0/s1. The summed E-state index contributed by atoms with van der Waals surface area (Å²) in [6, 6.07) is 1.44. The predicted octanol–water partition coefficient (Wildman–Crippen LogP) is 3.51. The lowest BCUT2D eigenvalue weighted by Crippen LogP contribution is -2.37. The average molecular weight is 448 g/mol. The van der Waals surface area contributed by atoms with Gasteiger partial charge < -0.3 is 19.3 Å². The zero-order valence-corrected chi connectivity index (χ0v) is 19.0. The van der Waals surface area contributed by atoms with Crippen LogP contribution in [0.2, 0.25) is 0 Å². The Morgan fingerprint density at radius 3 is 2.84 bits per heavy atom. The van der Waals surface area contributed by atoms with Crippen molar-refractivity contribution in [2.24, 2.45) is 0 Å². The van der Waals surface area contributed by atoms with E-state index in [1.54, 1.807) is 11.7 Å². The number of aromatic nitrogens is 2. The molecule has 168 valence electrons. The van der Waals surface area contributed by atoms with E-state index in [0.717, 1.165) is 43.2 Å². The third-order valence-corrected chi connectivity index (χ3v) is 6.43. The largest absolute Gasteiger partial charge is 0.494 e. The SMILES string of the molecule is CCCCCCn1c(O)c([C@@H]2c3c(cc4c(c3OC)OCO4)CCN2C)c(=O)[nH]c1=S. The van der Waals surface area contributed by atoms with Crippen LogP contribution in [0.25, 0.3) is 0 Å². The van der Waals surface area contributed by atoms with E-state index in [9.17, 15) is 9.90 Å². The first-order valence-electron chi connectivity index (χ1n) is 10.7. The third kappa shape index (κ3) is 3.80.